The van der Waals surface area contributed by atoms with Gasteiger partial charge in [0, 0.05) is 7.05 Å². The maximum atomic E-state index is 12.7. The van der Waals surface area contributed by atoms with Crippen molar-refractivity contribution in [3.05, 3.63) is 18.1 Å². The molecule has 0 aromatic carbocycles. The minimum absolute atomic E-state index is 0.305. The van der Waals surface area contributed by atoms with Crippen LogP contribution in [0.15, 0.2) is 12.3 Å². The van der Waals surface area contributed by atoms with E-state index in [4.69, 9.17) is 5.73 Å². The molecule has 0 saturated carbocycles. The number of pyridine rings is 1. The molecule has 0 aliphatic carbocycles. The summed E-state index contributed by atoms with van der Waals surface area (Å²) in [5, 5.41) is 4.45. The van der Waals surface area contributed by atoms with Gasteiger partial charge in [-0.25, -0.2) is 14.1 Å². The molecule has 0 atom stereocenters. The second kappa shape index (κ2) is 2.17. The summed E-state index contributed by atoms with van der Waals surface area (Å²) in [6.07, 6.45) is 1.14. The Morgan fingerprint density at radius 2 is 2.33 bits per heavy atom. The van der Waals surface area contributed by atoms with Gasteiger partial charge in [0.15, 0.2) is 11.5 Å². The number of aryl methyl sites for hydroxylation is 1. The molecular weight excluding hydrogens is 159 g/mol. The topological polar surface area (TPSA) is 56.7 Å². The van der Waals surface area contributed by atoms with Crippen LogP contribution in [-0.2, 0) is 7.05 Å². The van der Waals surface area contributed by atoms with Crippen LogP contribution in [0.3, 0.4) is 0 Å². The average molecular weight is 166 g/mol. The average Bonchev–Trinajstić information content (AvgIpc) is 2.28. The van der Waals surface area contributed by atoms with E-state index in [0.717, 1.165) is 6.20 Å². The van der Waals surface area contributed by atoms with Crippen molar-refractivity contribution < 1.29 is 4.39 Å². The van der Waals surface area contributed by atoms with Crippen molar-refractivity contribution in [2.75, 3.05) is 5.73 Å². The van der Waals surface area contributed by atoms with Crippen LogP contribution >= 0.6 is 0 Å². The second-order valence-electron chi connectivity index (χ2n) is 2.53. The van der Waals surface area contributed by atoms with Gasteiger partial charge in [-0.1, -0.05) is 0 Å². The molecule has 0 saturated heterocycles. The predicted molar refractivity (Wildman–Crippen MR) is 42.9 cm³/mol. The van der Waals surface area contributed by atoms with Crippen molar-refractivity contribution in [1.29, 1.82) is 0 Å². The lowest BCUT2D eigenvalue weighted by Gasteiger charge is -1.90. The van der Waals surface area contributed by atoms with Gasteiger partial charge in [-0.05, 0) is 6.07 Å². The zero-order chi connectivity index (χ0) is 8.72. The fourth-order valence-electron chi connectivity index (χ4n) is 1.14. The number of nitrogens with zero attached hydrogens (tertiary/aromatic N) is 3. The number of anilines is 1. The first-order valence-corrected chi connectivity index (χ1v) is 3.42. The Hall–Kier alpha value is -1.65. The highest BCUT2D eigenvalue weighted by atomic mass is 19.1. The standard InChI is InChI=1S/C7H7FN4/c1-12-7-5(6(9)11-12)2-4(8)3-10-7/h2-3H,1H3,(H2,9,11). The summed E-state index contributed by atoms with van der Waals surface area (Å²) in [4.78, 5) is 3.85. The van der Waals surface area contributed by atoms with Crippen molar-refractivity contribution in [2.24, 2.45) is 7.05 Å². The molecule has 62 valence electrons. The number of aromatic nitrogens is 3. The molecule has 2 N–H and O–H groups in total. The van der Waals surface area contributed by atoms with E-state index in [2.05, 4.69) is 10.1 Å². The second-order valence-corrected chi connectivity index (χ2v) is 2.53. The summed E-state index contributed by atoms with van der Waals surface area (Å²) < 4.78 is 14.2. The van der Waals surface area contributed by atoms with Crippen LogP contribution in [0.4, 0.5) is 10.2 Å². The molecule has 5 heteroatoms. The molecule has 0 spiro atoms. The molecule has 0 fully saturated rings. The molecule has 0 aliphatic rings. The smallest absolute Gasteiger partial charge is 0.159 e. The van der Waals surface area contributed by atoms with E-state index in [-0.39, 0.29) is 0 Å². The third-order valence-corrected chi connectivity index (χ3v) is 1.67. The maximum absolute atomic E-state index is 12.7. The lowest BCUT2D eigenvalue weighted by molar-refractivity contribution is 0.623. The SMILES string of the molecule is Cn1nc(N)c2cc(F)cnc21. The van der Waals surface area contributed by atoms with Crippen LogP contribution in [0.5, 0.6) is 0 Å². The molecule has 0 aliphatic heterocycles. The molecular formula is C7H7FN4. The van der Waals surface area contributed by atoms with Gasteiger partial charge in [-0.15, -0.1) is 0 Å². The van der Waals surface area contributed by atoms with Crippen LogP contribution in [-0.4, -0.2) is 14.8 Å². The van der Waals surface area contributed by atoms with Crippen molar-refractivity contribution >= 4 is 16.9 Å². The molecule has 2 heterocycles. The number of hydrogen-bond acceptors (Lipinski definition) is 3. The lowest BCUT2D eigenvalue weighted by atomic mass is 10.3. The van der Waals surface area contributed by atoms with Gasteiger partial charge in [0.1, 0.15) is 5.82 Å². The first-order valence-electron chi connectivity index (χ1n) is 3.42. The zero-order valence-corrected chi connectivity index (χ0v) is 6.45. The van der Waals surface area contributed by atoms with E-state index in [0.29, 0.717) is 16.9 Å². The Morgan fingerprint density at radius 3 is 3.08 bits per heavy atom. The Kier molecular flexibility index (Phi) is 1.27. The van der Waals surface area contributed by atoms with Crippen molar-refractivity contribution in [3.63, 3.8) is 0 Å². The van der Waals surface area contributed by atoms with Gasteiger partial charge >= 0.3 is 0 Å². The summed E-state index contributed by atoms with van der Waals surface area (Å²) in [7, 11) is 1.71. The van der Waals surface area contributed by atoms with Gasteiger partial charge in [-0.3, -0.25) is 0 Å². The Bertz CT molecular complexity index is 434. The fourth-order valence-corrected chi connectivity index (χ4v) is 1.14. The van der Waals surface area contributed by atoms with Gasteiger partial charge in [0.2, 0.25) is 0 Å². The predicted octanol–water partition coefficient (Wildman–Crippen LogP) is 0.690. The van der Waals surface area contributed by atoms with Gasteiger partial charge in [0.25, 0.3) is 0 Å². The van der Waals surface area contributed by atoms with E-state index in [9.17, 15) is 4.39 Å². The number of fused-ring (bicyclic) bond motifs is 1. The van der Waals surface area contributed by atoms with Gasteiger partial charge in [-0.2, -0.15) is 5.10 Å². The van der Waals surface area contributed by atoms with E-state index in [1.165, 1.54) is 10.7 Å². The summed E-state index contributed by atoms with van der Waals surface area (Å²) in [5.41, 5.74) is 6.10. The fraction of sp³-hybridized carbons (Fsp3) is 0.143. The molecule has 12 heavy (non-hydrogen) atoms. The molecule has 2 rings (SSSR count). The third-order valence-electron chi connectivity index (χ3n) is 1.67. The largest absolute Gasteiger partial charge is 0.382 e. The quantitative estimate of drug-likeness (QED) is 0.626. The van der Waals surface area contributed by atoms with Crippen molar-refractivity contribution in [2.45, 2.75) is 0 Å². The summed E-state index contributed by atoms with van der Waals surface area (Å²) in [6.45, 7) is 0. The highest BCUT2D eigenvalue weighted by Crippen LogP contribution is 2.17. The van der Waals surface area contributed by atoms with E-state index < -0.39 is 5.82 Å². The van der Waals surface area contributed by atoms with Crippen LogP contribution in [0, 0.1) is 5.82 Å². The molecule has 0 amide bonds. The molecule has 2 aromatic rings. The van der Waals surface area contributed by atoms with Crippen LogP contribution < -0.4 is 5.73 Å². The summed E-state index contributed by atoms with van der Waals surface area (Å²) in [6, 6.07) is 1.32. The molecule has 0 radical (unpaired) electrons. The number of hydrogen-bond donors (Lipinski definition) is 1. The molecule has 0 unspecified atom stereocenters. The number of nitrogens with two attached hydrogens (primary N) is 1. The van der Waals surface area contributed by atoms with Crippen molar-refractivity contribution in [1.82, 2.24) is 14.8 Å². The first kappa shape index (κ1) is 7.02. The van der Waals surface area contributed by atoms with Gasteiger partial charge in [0.05, 0.1) is 11.6 Å². The molecule has 2 aromatic heterocycles. The van der Waals surface area contributed by atoms with E-state index >= 15 is 0 Å². The monoisotopic (exact) mass is 166 g/mol. The molecule has 4 nitrogen and oxygen atoms in total. The Morgan fingerprint density at radius 1 is 1.58 bits per heavy atom. The number of nitrogen functional groups attached to an aromatic ring is 1. The highest BCUT2D eigenvalue weighted by molar-refractivity contribution is 5.85. The van der Waals surface area contributed by atoms with Crippen molar-refractivity contribution in [3.8, 4) is 0 Å². The van der Waals surface area contributed by atoms with Crippen LogP contribution in [0.1, 0.15) is 0 Å². The Balaban J connectivity index is 2.90. The third kappa shape index (κ3) is 0.827. The maximum Gasteiger partial charge on any atom is 0.159 e. The van der Waals surface area contributed by atoms with E-state index in [1.807, 2.05) is 0 Å². The Labute approximate surface area is 67.8 Å². The normalized spacial score (nSPS) is 10.8. The highest BCUT2D eigenvalue weighted by Gasteiger charge is 2.06. The summed E-state index contributed by atoms with van der Waals surface area (Å²) in [5.74, 6) is -0.0956. The first-order chi connectivity index (χ1) is 5.68. The lowest BCUT2D eigenvalue weighted by Crippen LogP contribution is -1.92. The summed E-state index contributed by atoms with van der Waals surface area (Å²) >= 11 is 0. The minimum Gasteiger partial charge on any atom is -0.382 e. The van der Waals surface area contributed by atoms with Crippen LogP contribution in [0.25, 0.3) is 11.0 Å². The number of rotatable bonds is 0. The van der Waals surface area contributed by atoms with Gasteiger partial charge < -0.3 is 5.73 Å². The minimum atomic E-state index is -0.401. The molecule has 0 bridgehead atoms. The van der Waals surface area contributed by atoms with Crippen LogP contribution in [0.2, 0.25) is 0 Å². The zero-order valence-electron chi connectivity index (χ0n) is 6.45. The van der Waals surface area contributed by atoms with E-state index in [1.54, 1.807) is 7.05 Å². The number of halogens is 1.